The third kappa shape index (κ3) is 3.59. The highest BCUT2D eigenvalue weighted by Gasteiger charge is 2.30. The van der Waals surface area contributed by atoms with Gasteiger partial charge in [-0.3, -0.25) is 0 Å². The number of halogens is 3. The molecule has 0 saturated heterocycles. The van der Waals surface area contributed by atoms with E-state index in [0.717, 1.165) is 0 Å². The zero-order valence-electron chi connectivity index (χ0n) is 6.51. The lowest BCUT2D eigenvalue weighted by molar-refractivity contribution is -0.274. The Morgan fingerprint density at radius 3 is 2.54 bits per heavy atom. The van der Waals surface area contributed by atoms with Crippen molar-refractivity contribution in [3.8, 4) is 5.75 Å². The molecule has 5 heteroatoms. The molecule has 0 aliphatic rings. The Kier molecular flexibility index (Phi) is 3.08. The molecule has 13 heavy (non-hydrogen) atoms. The maximum atomic E-state index is 11.7. The predicted octanol–water partition coefficient (Wildman–Crippen LogP) is 3.02. The van der Waals surface area contributed by atoms with Crippen molar-refractivity contribution >= 4 is 12.6 Å². The Morgan fingerprint density at radius 2 is 2.00 bits per heavy atom. The minimum Gasteiger partial charge on any atom is -0.406 e. The number of benzene rings is 1. The van der Waals surface area contributed by atoms with Crippen molar-refractivity contribution in [1.29, 1.82) is 0 Å². The van der Waals surface area contributed by atoms with E-state index in [1.807, 2.05) is 0 Å². The number of alkyl halides is 3. The summed E-state index contributed by atoms with van der Waals surface area (Å²) in [6.45, 7) is 0. The van der Waals surface area contributed by atoms with Crippen molar-refractivity contribution in [3.63, 3.8) is 0 Å². The van der Waals surface area contributed by atoms with Crippen molar-refractivity contribution in [2.45, 2.75) is 12.1 Å². The quantitative estimate of drug-likeness (QED) is 0.735. The van der Waals surface area contributed by atoms with E-state index in [-0.39, 0.29) is 5.75 Å². The largest absolute Gasteiger partial charge is 0.573 e. The van der Waals surface area contributed by atoms with Crippen LogP contribution in [0.4, 0.5) is 13.2 Å². The van der Waals surface area contributed by atoms with Gasteiger partial charge in [-0.1, -0.05) is 12.1 Å². The highest BCUT2D eigenvalue weighted by molar-refractivity contribution is 7.79. The maximum Gasteiger partial charge on any atom is 0.573 e. The number of hydrogen-bond donors (Lipinski definition) is 1. The first-order valence-electron chi connectivity index (χ1n) is 3.47. The van der Waals surface area contributed by atoms with Gasteiger partial charge in [0.2, 0.25) is 0 Å². The van der Waals surface area contributed by atoms with Gasteiger partial charge in [0.25, 0.3) is 0 Å². The number of ether oxygens (including phenoxy) is 1. The third-order valence-corrected chi connectivity index (χ3v) is 1.68. The second-order valence-corrected chi connectivity index (χ2v) is 2.67. The van der Waals surface area contributed by atoms with Gasteiger partial charge >= 0.3 is 6.36 Å². The molecule has 0 fully saturated rings. The Hall–Kier alpha value is -0.840. The fourth-order valence-electron chi connectivity index (χ4n) is 0.841. The van der Waals surface area contributed by atoms with Crippen LogP contribution in [0.25, 0.3) is 0 Å². The fraction of sp³-hybridized carbons (Fsp3) is 0.250. The van der Waals surface area contributed by atoms with Crippen LogP contribution < -0.4 is 4.74 Å². The van der Waals surface area contributed by atoms with Gasteiger partial charge in [0.15, 0.2) is 0 Å². The lowest BCUT2D eigenvalue weighted by atomic mass is 10.2. The number of rotatable bonds is 2. The first-order chi connectivity index (χ1) is 6.01. The van der Waals surface area contributed by atoms with Gasteiger partial charge in [-0.2, -0.15) is 12.6 Å². The number of hydrogen-bond acceptors (Lipinski definition) is 2. The molecule has 1 nitrogen and oxygen atoms in total. The van der Waals surface area contributed by atoms with E-state index in [1.165, 1.54) is 18.2 Å². The molecule has 0 unspecified atom stereocenters. The molecular formula is C8H7F3OS. The maximum absolute atomic E-state index is 11.7. The van der Waals surface area contributed by atoms with E-state index in [4.69, 9.17) is 0 Å². The third-order valence-electron chi connectivity index (χ3n) is 1.31. The Morgan fingerprint density at radius 1 is 1.31 bits per heavy atom. The van der Waals surface area contributed by atoms with Gasteiger partial charge in [-0.25, -0.2) is 0 Å². The lowest BCUT2D eigenvalue weighted by Crippen LogP contribution is -2.17. The summed E-state index contributed by atoms with van der Waals surface area (Å²) >= 11 is 3.93. The van der Waals surface area contributed by atoms with Gasteiger partial charge in [-0.15, -0.1) is 13.2 Å². The Bertz CT molecular complexity index is 285. The summed E-state index contributed by atoms with van der Waals surface area (Å²) in [7, 11) is 0. The van der Waals surface area contributed by atoms with Crippen LogP contribution in [0.15, 0.2) is 24.3 Å². The summed E-state index contributed by atoms with van der Waals surface area (Å²) in [4.78, 5) is 0. The van der Waals surface area contributed by atoms with Crippen LogP contribution >= 0.6 is 12.6 Å². The zero-order chi connectivity index (χ0) is 9.90. The molecule has 0 aliphatic heterocycles. The van der Waals surface area contributed by atoms with E-state index >= 15 is 0 Å². The molecule has 1 rings (SSSR count). The highest BCUT2D eigenvalue weighted by atomic mass is 32.1. The molecule has 1 aromatic carbocycles. The Balaban J connectivity index is 2.78. The van der Waals surface area contributed by atoms with Crippen molar-refractivity contribution in [2.75, 3.05) is 0 Å². The summed E-state index contributed by atoms with van der Waals surface area (Å²) < 4.78 is 38.9. The van der Waals surface area contributed by atoms with Crippen molar-refractivity contribution in [1.82, 2.24) is 0 Å². The van der Waals surface area contributed by atoms with Gasteiger partial charge in [-0.05, 0) is 17.7 Å². The summed E-state index contributed by atoms with van der Waals surface area (Å²) in [6, 6.07) is 5.73. The second-order valence-electron chi connectivity index (χ2n) is 2.35. The molecular weight excluding hydrogens is 201 g/mol. The van der Waals surface area contributed by atoms with E-state index in [0.29, 0.717) is 11.3 Å². The van der Waals surface area contributed by atoms with E-state index < -0.39 is 6.36 Å². The van der Waals surface area contributed by atoms with Crippen LogP contribution in [-0.2, 0) is 5.75 Å². The molecule has 0 saturated carbocycles. The summed E-state index contributed by atoms with van der Waals surface area (Å²) in [6.07, 6.45) is -4.63. The summed E-state index contributed by atoms with van der Waals surface area (Å²) in [5.74, 6) is 0.175. The second kappa shape index (κ2) is 3.91. The van der Waals surface area contributed by atoms with Crippen LogP contribution in [0.1, 0.15) is 5.56 Å². The monoisotopic (exact) mass is 208 g/mol. The summed E-state index contributed by atoms with van der Waals surface area (Å²) in [5.41, 5.74) is 0.685. The zero-order valence-corrected chi connectivity index (χ0v) is 7.40. The average Bonchev–Trinajstić information content (AvgIpc) is 2.01. The molecule has 1 aromatic rings. The molecule has 0 radical (unpaired) electrons. The first-order valence-corrected chi connectivity index (χ1v) is 4.10. The standard InChI is InChI=1S/C8H7F3OS/c9-8(10,11)12-7-3-1-2-6(4-7)5-13/h1-4,13H,5H2. The van der Waals surface area contributed by atoms with Crippen molar-refractivity contribution in [2.24, 2.45) is 0 Å². The minimum absolute atomic E-state index is 0.209. The molecule has 0 atom stereocenters. The lowest BCUT2D eigenvalue weighted by Gasteiger charge is -2.08. The van der Waals surface area contributed by atoms with Gasteiger partial charge in [0, 0.05) is 5.75 Å². The smallest absolute Gasteiger partial charge is 0.406 e. The normalized spacial score (nSPS) is 11.4. The SMILES string of the molecule is FC(F)(F)Oc1cccc(CS)c1. The molecule has 0 heterocycles. The van der Waals surface area contributed by atoms with Crippen LogP contribution in [0.2, 0.25) is 0 Å². The molecule has 72 valence electrons. The van der Waals surface area contributed by atoms with E-state index in [1.54, 1.807) is 6.07 Å². The first kappa shape index (κ1) is 10.2. The van der Waals surface area contributed by atoms with Crippen LogP contribution in [0.3, 0.4) is 0 Å². The van der Waals surface area contributed by atoms with Crippen LogP contribution in [-0.4, -0.2) is 6.36 Å². The predicted molar refractivity (Wildman–Crippen MR) is 45.8 cm³/mol. The number of thiol groups is 1. The van der Waals surface area contributed by atoms with E-state index in [2.05, 4.69) is 17.4 Å². The van der Waals surface area contributed by atoms with Crippen molar-refractivity contribution < 1.29 is 17.9 Å². The minimum atomic E-state index is -4.63. The van der Waals surface area contributed by atoms with Crippen LogP contribution in [0.5, 0.6) is 5.75 Å². The highest BCUT2D eigenvalue weighted by Crippen LogP contribution is 2.23. The van der Waals surface area contributed by atoms with E-state index in [9.17, 15) is 13.2 Å². The topological polar surface area (TPSA) is 9.23 Å². The van der Waals surface area contributed by atoms with Gasteiger partial charge in [0.05, 0.1) is 0 Å². The Labute approximate surface area is 78.9 Å². The molecule has 0 N–H and O–H groups in total. The summed E-state index contributed by atoms with van der Waals surface area (Å²) in [5, 5.41) is 0. The fourth-order valence-corrected chi connectivity index (χ4v) is 1.04. The molecule has 0 spiro atoms. The van der Waals surface area contributed by atoms with Crippen LogP contribution in [0, 0.1) is 0 Å². The molecule has 0 aromatic heterocycles. The van der Waals surface area contributed by atoms with Gasteiger partial charge < -0.3 is 4.74 Å². The molecule has 0 bridgehead atoms. The molecule has 0 amide bonds. The van der Waals surface area contributed by atoms with Crippen molar-refractivity contribution in [3.05, 3.63) is 29.8 Å². The van der Waals surface area contributed by atoms with Gasteiger partial charge in [0.1, 0.15) is 5.75 Å². The molecule has 0 aliphatic carbocycles. The average molecular weight is 208 g/mol.